The number of phenols is 7. The van der Waals surface area contributed by atoms with Gasteiger partial charge in [0.15, 0.2) is 5.82 Å². The molecule has 7 aromatic heterocycles. The number of fused-ring (bicyclic) bond motifs is 3. The Morgan fingerprint density at radius 3 is 1.06 bits per heavy atom. The summed E-state index contributed by atoms with van der Waals surface area (Å²) >= 11 is 0. The van der Waals surface area contributed by atoms with Crippen LogP contribution in [0.4, 0.5) is 5.82 Å². The number of rotatable bonds is 12. The molecule has 119 heavy (non-hydrogen) atoms. The Bertz CT molecular complexity index is 6100. The number of benzene rings is 8. The van der Waals surface area contributed by atoms with E-state index in [1.807, 2.05) is 164 Å². The molecule has 27 heteroatoms. The van der Waals surface area contributed by atoms with Crippen molar-refractivity contribution in [3.05, 3.63) is 272 Å². The molecule has 5 aliphatic heterocycles. The van der Waals surface area contributed by atoms with Gasteiger partial charge in [0, 0.05) is 116 Å². The number of aromatic hydroxyl groups is 7. The smallest absolute Gasteiger partial charge is 0.151 e. The summed E-state index contributed by atoms with van der Waals surface area (Å²) in [6.07, 6.45) is 18.6. The number of anilines is 1. The molecule has 5 aliphatic rings. The Kier molecular flexibility index (Phi) is 24.6. The summed E-state index contributed by atoms with van der Waals surface area (Å²) in [5.74, 6) is 2.48. The van der Waals surface area contributed by atoms with Gasteiger partial charge >= 0.3 is 0 Å². The number of nitrogens with zero attached hydrogens (tertiary/aromatic N) is 15. The van der Waals surface area contributed by atoms with Crippen LogP contribution >= 0.6 is 0 Å². The van der Waals surface area contributed by atoms with E-state index in [1.54, 1.807) is 76.4 Å². The molecule has 2 saturated heterocycles. The van der Waals surface area contributed by atoms with Gasteiger partial charge < -0.3 is 67.2 Å². The van der Waals surface area contributed by atoms with E-state index >= 15 is 0 Å². The Labute approximate surface area is 685 Å². The van der Waals surface area contributed by atoms with Gasteiger partial charge in [-0.05, 0) is 272 Å². The van der Waals surface area contributed by atoms with Crippen LogP contribution in [0.5, 0.6) is 40.2 Å². The van der Waals surface area contributed by atoms with Crippen molar-refractivity contribution in [1.29, 1.82) is 0 Å². The summed E-state index contributed by atoms with van der Waals surface area (Å²) in [5.41, 5.74) is 15.5. The molecule has 0 amide bonds. The van der Waals surface area contributed by atoms with Gasteiger partial charge in [-0.15, -0.1) is 25.5 Å². The molecule has 0 atom stereocenters. The number of nitrogens with one attached hydrogen (secondary N) is 5. The minimum Gasteiger partial charge on any atom is -0.508 e. The highest BCUT2D eigenvalue weighted by atomic mass is 16.3. The summed E-state index contributed by atoms with van der Waals surface area (Å²) < 4.78 is 3.40. The number of aromatic nitrogens is 14. The summed E-state index contributed by atoms with van der Waals surface area (Å²) in [6, 6.07) is 62.7. The summed E-state index contributed by atoms with van der Waals surface area (Å²) in [6.45, 7) is 11.3. The van der Waals surface area contributed by atoms with Crippen LogP contribution in [0.15, 0.2) is 249 Å². The van der Waals surface area contributed by atoms with Crippen LogP contribution in [0, 0.1) is 0 Å². The summed E-state index contributed by atoms with van der Waals surface area (Å²) in [5, 5.41) is 144. The Hall–Kier alpha value is -14.2. The van der Waals surface area contributed by atoms with Gasteiger partial charge in [-0.3, -0.25) is 0 Å². The van der Waals surface area contributed by atoms with Gasteiger partial charge in [-0.1, -0.05) is 54.6 Å². The number of piperazine rings is 1. The first-order valence-electron chi connectivity index (χ1n) is 39.7. The highest BCUT2D eigenvalue weighted by Gasteiger charge is 2.21. The lowest BCUT2D eigenvalue weighted by atomic mass is 9.94. The summed E-state index contributed by atoms with van der Waals surface area (Å²) in [7, 11) is 0. The van der Waals surface area contributed by atoms with Crippen molar-refractivity contribution in [2.24, 2.45) is 0 Å². The molecular weight excluding hydrogens is 1500 g/mol. The fourth-order valence-corrected chi connectivity index (χ4v) is 14.9. The molecule has 12 N–H and O–H groups in total. The molecule has 0 radical (unpaired) electrons. The average Bonchev–Trinajstić information content (AvgIpc) is 0.839. The molecule has 15 aromatic rings. The van der Waals surface area contributed by atoms with Gasteiger partial charge in [0.05, 0.1) is 62.6 Å². The van der Waals surface area contributed by atoms with Crippen LogP contribution < -0.4 is 31.5 Å². The predicted octanol–water partition coefficient (Wildman–Crippen LogP) is 13.5. The van der Waals surface area contributed by atoms with Crippen molar-refractivity contribution in [2.75, 3.05) is 83.4 Å². The van der Waals surface area contributed by atoms with E-state index in [4.69, 9.17) is 0 Å². The maximum Gasteiger partial charge on any atom is 0.151 e. The van der Waals surface area contributed by atoms with Crippen LogP contribution in [-0.4, -0.2) is 185 Å². The van der Waals surface area contributed by atoms with Crippen molar-refractivity contribution in [1.82, 2.24) is 97.1 Å². The SMILES string of the molecule is Oc1cc(-n2cccn2)ccc1-c1ccc(C2=CCNCC2)nn1.Oc1cc(-n2cccn2)ccc1-c1ccc(C2CCNCC2)nn1.Oc1cc2ccccc2cc1-c1ccc(C2=CCNCC2)nn1.Oc1ccc2cc(-c3ccc(C4=CCNCC4)nn3)c(O)cc2c1.Oc1ccc2cc(-c3ccc(N4CCNCC4)nn3)c(O)cc2c1. The maximum atomic E-state index is 10.3. The van der Waals surface area contributed by atoms with Crippen LogP contribution in [-0.2, 0) is 0 Å². The van der Waals surface area contributed by atoms with E-state index < -0.39 is 0 Å². The van der Waals surface area contributed by atoms with Gasteiger partial charge in [0.25, 0.3) is 0 Å². The Morgan fingerprint density at radius 1 is 0.294 bits per heavy atom. The quantitative estimate of drug-likeness (QED) is 0.0540. The molecule has 0 aliphatic carbocycles. The lowest BCUT2D eigenvalue weighted by Crippen LogP contribution is -2.43. The Morgan fingerprint density at radius 2 is 0.672 bits per heavy atom. The molecule has 27 nitrogen and oxygen atoms in total. The number of hydrogen-bond donors (Lipinski definition) is 12. The number of phenolic OH excluding ortho intramolecular Hbond substituents is 7. The molecule has 0 saturated carbocycles. The first-order chi connectivity index (χ1) is 58.3. The Balaban J connectivity index is 0.000000111. The molecule has 0 bridgehead atoms. The normalized spacial score (nSPS) is 14.8. The maximum absolute atomic E-state index is 10.3. The van der Waals surface area contributed by atoms with Crippen LogP contribution in [0.3, 0.4) is 0 Å². The van der Waals surface area contributed by atoms with E-state index in [-0.39, 0.29) is 40.2 Å². The van der Waals surface area contributed by atoms with Crippen molar-refractivity contribution in [2.45, 2.75) is 38.0 Å². The van der Waals surface area contributed by atoms with E-state index in [0.717, 1.165) is 183 Å². The lowest BCUT2D eigenvalue weighted by molar-refractivity contribution is 0.450. The monoisotopic (exact) mass is 1580 g/mol. The van der Waals surface area contributed by atoms with Crippen LogP contribution in [0.1, 0.15) is 60.8 Å². The van der Waals surface area contributed by atoms with Gasteiger partial charge in [-0.2, -0.15) is 35.7 Å². The molecule has 0 spiro atoms. The molecule has 0 unspecified atom stereocenters. The zero-order valence-electron chi connectivity index (χ0n) is 65.1. The minimum absolute atomic E-state index is 0.122. The van der Waals surface area contributed by atoms with Gasteiger partial charge in [0.1, 0.15) is 40.2 Å². The standard InChI is InChI=1S/C19H17N3O2.C19H17N3O.C18H19N5O.C18H17N5O.C18H18N4O2/c23-15-2-1-13-10-16(19(24)11-14(13)9-15)18-4-3-17(21-22-18)12-5-7-20-8-6-12;23-19-12-15-4-2-1-3-14(15)11-16(19)18-6-5-17(21-22-18)13-7-9-20-10-8-13;2*24-18-12-14(23-11-1-8-20-23)2-3-15(18)17-5-4-16(21-22-17)13-6-9-19-10-7-13;23-14-2-1-12-10-15(17(24)11-13(12)9-14)16-3-4-18(21-20-16)22-7-5-19-6-8-22/h1-5,9-11,20,23-24H,6-8H2;1-7,11-12,20,23H,8-10H2;1-5,8,11-13,19,24H,6-7,9-10H2;1-6,8,11-12,19,24H,7,9-10H2;1-4,9-11,19,23-24H,5-8H2. The second kappa shape index (κ2) is 37.2. The van der Waals surface area contributed by atoms with Crippen LogP contribution in [0.2, 0.25) is 0 Å². The lowest BCUT2D eigenvalue weighted by Gasteiger charge is -2.27. The topological polar surface area (TPSA) is 370 Å². The van der Waals surface area contributed by atoms with E-state index in [2.05, 4.69) is 111 Å². The highest BCUT2D eigenvalue weighted by Crippen LogP contribution is 2.39. The molecule has 598 valence electrons. The molecular formula is C92H88N20O7. The van der Waals surface area contributed by atoms with Crippen molar-refractivity contribution in [3.63, 3.8) is 0 Å². The first-order valence-corrected chi connectivity index (χ1v) is 39.7. The zero-order valence-corrected chi connectivity index (χ0v) is 65.1. The van der Waals surface area contributed by atoms with E-state index in [0.29, 0.717) is 62.2 Å². The fraction of sp³-hybridized carbons (Fsp3) is 0.196. The largest absolute Gasteiger partial charge is 0.508 e. The second-order valence-corrected chi connectivity index (χ2v) is 29.2. The average molecular weight is 1590 g/mol. The molecule has 20 rings (SSSR count). The molecule has 8 aromatic carbocycles. The third-order valence-corrected chi connectivity index (χ3v) is 21.3. The van der Waals surface area contributed by atoms with E-state index in [9.17, 15) is 35.7 Å². The zero-order chi connectivity index (χ0) is 81.4. The van der Waals surface area contributed by atoms with Gasteiger partial charge in [0.2, 0.25) is 0 Å². The molecule has 12 heterocycles. The van der Waals surface area contributed by atoms with Crippen molar-refractivity contribution >= 4 is 54.9 Å². The minimum atomic E-state index is 0.122. The third kappa shape index (κ3) is 19.2. The predicted molar refractivity (Wildman–Crippen MR) is 462 cm³/mol. The number of piperidine rings is 1. The van der Waals surface area contributed by atoms with E-state index in [1.165, 1.54) is 16.7 Å². The molecule has 2 fully saturated rings. The van der Waals surface area contributed by atoms with Crippen molar-refractivity contribution in [3.8, 4) is 108 Å². The summed E-state index contributed by atoms with van der Waals surface area (Å²) in [4.78, 5) is 2.19. The number of hydrogen-bond acceptors (Lipinski definition) is 25. The van der Waals surface area contributed by atoms with Crippen LogP contribution in [0.25, 0.3) is 117 Å². The third-order valence-electron chi connectivity index (χ3n) is 21.3. The first kappa shape index (κ1) is 78.7. The van der Waals surface area contributed by atoms with Gasteiger partial charge in [-0.25, -0.2) is 9.36 Å². The highest BCUT2D eigenvalue weighted by molar-refractivity contribution is 5.93. The fourth-order valence-electron chi connectivity index (χ4n) is 14.9. The second-order valence-electron chi connectivity index (χ2n) is 29.2. The van der Waals surface area contributed by atoms with Crippen molar-refractivity contribution < 1.29 is 35.7 Å².